The van der Waals surface area contributed by atoms with E-state index in [9.17, 15) is 18.0 Å². The van der Waals surface area contributed by atoms with Gasteiger partial charge in [0.2, 0.25) is 0 Å². The van der Waals surface area contributed by atoms with E-state index in [1.165, 1.54) is 19.4 Å². The summed E-state index contributed by atoms with van der Waals surface area (Å²) in [5.74, 6) is -0.556. The van der Waals surface area contributed by atoms with Gasteiger partial charge >= 0.3 is 6.18 Å². The number of alkyl halides is 3. The number of hydrogen-bond donors (Lipinski definition) is 1. The number of pyridine rings is 1. The van der Waals surface area contributed by atoms with Gasteiger partial charge in [0.1, 0.15) is 5.75 Å². The van der Waals surface area contributed by atoms with Crippen LogP contribution in [0, 0.1) is 0 Å². The number of halogens is 3. The van der Waals surface area contributed by atoms with E-state index in [-0.39, 0.29) is 17.0 Å². The number of nitrogens with zero attached hydrogens (tertiary/aromatic N) is 2. The third-order valence-corrected chi connectivity index (χ3v) is 4.09. The molecule has 9 heteroatoms. The van der Waals surface area contributed by atoms with Crippen LogP contribution >= 0.6 is 0 Å². The Kier molecular flexibility index (Phi) is 5.50. The molecular formula is C18H18F3N3O3. The zero-order valence-electron chi connectivity index (χ0n) is 14.5. The van der Waals surface area contributed by atoms with Gasteiger partial charge in [0, 0.05) is 31.0 Å². The fourth-order valence-electron chi connectivity index (χ4n) is 2.70. The van der Waals surface area contributed by atoms with Crippen LogP contribution in [0.5, 0.6) is 5.75 Å². The first-order valence-corrected chi connectivity index (χ1v) is 8.22. The molecule has 2 aromatic rings. The Bertz CT molecular complexity index is 821. The predicted molar refractivity (Wildman–Crippen MR) is 93.2 cm³/mol. The molecular weight excluding hydrogens is 363 g/mol. The van der Waals surface area contributed by atoms with Crippen LogP contribution in [0.25, 0.3) is 0 Å². The van der Waals surface area contributed by atoms with Gasteiger partial charge in [0.25, 0.3) is 5.91 Å². The van der Waals surface area contributed by atoms with Gasteiger partial charge in [-0.05, 0) is 18.2 Å². The molecule has 3 rings (SSSR count). The summed E-state index contributed by atoms with van der Waals surface area (Å²) in [6.45, 7) is 2.52. The van der Waals surface area contributed by atoms with Gasteiger partial charge < -0.3 is 19.7 Å². The van der Waals surface area contributed by atoms with Crippen molar-refractivity contribution in [2.45, 2.75) is 6.18 Å². The number of ether oxygens (including phenoxy) is 2. The maximum atomic E-state index is 13.0. The van der Waals surface area contributed by atoms with Crippen LogP contribution in [0.2, 0.25) is 0 Å². The minimum Gasteiger partial charge on any atom is -0.497 e. The first-order valence-electron chi connectivity index (χ1n) is 8.22. The summed E-state index contributed by atoms with van der Waals surface area (Å²) in [6, 6.07) is 4.71. The second-order valence-electron chi connectivity index (χ2n) is 5.93. The lowest BCUT2D eigenvalue weighted by Crippen LogP contribution is -2.36. The molecule has 1 saturated heterocycles. The fourth-order valence-corrected chi connectivity index (χ4v) is 2.70. The number of aromatic nitrogens is 1. The summed E-state index contributed by atoms with van der Waals surface area (Å²) < 4.78 is 49.2. The molecule has 0 saturated carbocycles. The van der Waals surface area contributed by atoms with Crippen LogP contribution in [0.3, 0.4) is 0 Å². The van der Waals surface area contributed by atoms with E-state index in [1.54, 1.807) is 12.3 Å². The van der Waals surface area contributed by atoms with Crippen LogP contribution in [0.4, 0.5) is 24.5 Å². The highest BCUT2D eigenvalue weighted by molar-refractivity contribution is 6.04. The highest BCUT2D eigenvalue weighted by atomic mass is 19.4. The number of carbonyl (C=O) groups is 1. The first kappa shape index (κ1) is 19.0. The number of nitrogens with one attached hydrogen (secondary N) is 1. The minimum absolute atomic E-state index is 0.000294. The average Bonchev–Trinajstić information content (AvgIpc) is 2.67. The van der Waals surface area contributed by atoms with Crippen LogP contribution in [0.15, 0.2) is 36.7 Å². The second-order valence-corrected chi connectivity index (χ2v) is 5.93. The maximum absolute atomic E-state index is 13.0. The lowest BCUT2D eigenvalue weighted by atomic mass is 10.1. The molecule has 1 aliphatic rings. The first-order chi connectivity index (χ1) is 12.9. The van der Waals surface area contributed by atoms with E-state index >= 15 is 0 Å². The molecule has 1 aromatic carbocycles. The van der Waals surface area contributed by atoms with Gasteiger partial charge in [0.05, 0.1) is 43.3 Å². The van der Waals surface area contributed by atoms with Gasteiger partial charge in [-0.3, -0.25) is 9.78 Å². The number of methoxy groups -OCH3 is 1. The molecule has 27 heavy (non-hydrogen) atoms. The molecule has 0 atom stereocenters. The maximum Gasteiger partial charge on any atom is 0.416 e. The molecule has 6 nitrogen and oxygen atoms in total. The highest BCUT2D eigenvalue weighted by Crippen LogP contribution is 2.34. The Morgan fingerprint density at radius 3 is 2.59 bits per heavy atom. The van der Waals surface area contributed by atoms with Crippen molar-refractivity contribution in [1.82, 2.24) is 4.98 Å². The van der Waals surface area contributed by atoms with Crippen molar-refractivity contribution >= 4 is 17.3 Å². The number of carbonyl (C=O) groups excluding carboxylic acids is 1. The van der Waals surface area contributed by atoms with Gasteiger partial charge in [-0.25, -0.2) is 0 Å². The zero-order chi connectivity index (χ0) is 19.4. The van der Waals surface area contributed by atoms with Crippen LogP contribution in [-0.2, 0) is 10.9 Å². The smallest absolute Gasteiger partial charge is 0.416 e. The summed E-state index contributed by atoms with van der Waals surface area (Å²) in [5, 5.41) is 2.47. The monoisotopic (exact) mass is 381 g/mol. The largest absolute Gasteiger partial charge is 0.497 e. The third kappa shape index (κ3) is 4.68. The van der Waals surface area contributed by atoms with Crippen molar-refractivity contribution in [3.05, 3.63) is 47.8 Å². The zero-order valence-corrected chi connectivity index (χ0v) is 14.5. The molecule has 1 aliphatic heterocycles. The normalized spacial score (nSPS) is 14.7. The van der Waals surface area contributed by atoms with E-state index in [0.29, 0.717) is 26.3 Å². The SMILES string of the molecule is COc1cc(NC(=O)c2cncc(N3CCOCC3)c2)cc(C(F)(F)F)c1. The van der Waals surface area contributed by atoms with Crippen LogP contribution in [-0.4, -0.2) is 44.3 Å². The van der Waals surface area contributed by atoms with Gasteiger partial charge in [-0.15, -0.1) is 0 Å². The number of morpholine rings is 1. The lowest BCUT2D eigenvalue weighted by Gasteiger charge is -2.28. The van der Waals surface area contributed by atoms with E-state index in [4.69, 9.17) is 9.47 Å². The Labute approximate surface area is 153 Å². The molecule has 1 amide bonds. The van der Waals surface area contributed by atoms with Crippen LogP contribution in [0.1, 0.15) is 15.9 Å². The van der Waals surface area contributed by atoms with Crippen molar-refractivity contribution in [2.75, 3.05) is 43.6 Å². The Morgan fingerprint density at radius 2 is 1.93 bits per heavy atom. The minimum atomic E-state index is -4.55. The van der Waals surface area contributed by atoms with Crippen molar-refractivity contribution in [3.8, 4) is 5.75 Å². The second kappa shape index (κ2) is 7.83. The van der Waals surface area contributed by atoms with Crippen LogP contribution < -0.4 is 15.0 Å². The predicted octanol–water partition coefficient (Wildman–Crippen LogP) is 3.20. The van der Waals surface area contributed by atoms with Crippen molar-refractivity contribution in [1.29, 1.82) is 0 Å². The van der Waals surface area contributed by atoms with E-state index in [2.05, 4.69) is 10.3 Å². The molecule has 144 valence electrons. The Balaban J connectivity index is 1.81. The van der Waals surface area contributed by atoms with Crippen molar-refractivity contribution in [2.24, 2.45) is 0 Å². The quantitative estimate of drug-likeness (QED) is 0.881. The number of amides is 1. The van der Waals surface area contributed by atoms with Gasteiger partial charge in [0.15, 0.2) is 0 Å². The number of benzene rings is 1. The van der Waals surface area contributed by atoms with E-state index in [1.807, 2.05) is 4.90 Å². The summed E-state index contributed by atoms with van der Waals surface area (Å²) in [6.07, 6.45) is -1.55. The van der Waals surface area contributed by atoms with Crippen molar-refractivity contribution in [3.63, 3.8) is 0 Å². The fraction of sp³-hybridized carbons (Fsp3) is 0.333. The molecule has 0 radical (unpaired) electrons. The van der Waals surface area contributed by atoms with Gasteiger partial charge in [-0.1, -0.05) is 0 Å². The molecule has 0 bridgehead atoms. The third-order valence-electron chi connectivity index (χ3n) is 4.09. The lowest BCUT2D eigenvalue weighted by molar-refractivity contribution is -0.137. The molecule has 1 N–H and O–H groups in total. The molecule has 1 aromatic heterocycles. The molecule has 0 spiro atoms. The summed E-state index contributed by atoms with van der Waals surface area (Å²) in [5.41, 5.74) is 0.0868. The summed E-state index contributed by atoms with van der Waals surface area (Å²) in [4.78, 5) is 18.6. The average molecular weight is 381 g/mol. The van der Waals surface area contributed by atoms with E-state index < -0.39 is 17.6 Å². The molecule has 0 unspecified atom stereocenters. The number of hydrogen-bond acceptors (Lipinski definition) is 5. The summed E-state index contributed by atoms with van der Waals surface area (Å²) >= 11 is 0. The molecule has 2 heterocycles. The molecule has 0 aliphatic carbocycles. The van der Waals surface area contributed by atoms with Crippen molar-refractivity contribution < 1.29 is 27.4 Å². The molecule has 1 fully saturated rings. The standard InChI is InChI=1S/C18H18F3N3O3/c1-26-16-8-13(18(19,20)21)7-14(9-16)23-17(25)12-6-15(11-22-10-12)24-2-4-27-5-3-24/h6-11H,2-5H2,1H3,(H,23,25). The number of rotatable bonds is 4. The van der Waals surface area contributed by atoms with Gasteiger partial charge in [-0.2, -0.15) is 13.2 Å². The Morgan fingerprint density at radius 1 is 1.19 bits per heavy atom. The topological polar surface area (TPSA) is 63.7 Å². The number of anilines is 2. The Hall–Kier alpha value is -2.81. The van der Waals surface area contributed by atoms with E-state index in [0.717, 1.165) is 17.8 Å². The summed E-state index contributed by atoms with van der Waals surface area (Å²) in [7, 11) is 1.26. The highest BCUT2D eigenvalue weighted by Gasteiger charge is 2.31.